The minimum atomic E-state index is -3.43. The van der Waals surface area contributed by atoms with Gasteiger partial charge in [0.25, 0.3) is 0 Å². The van der Waals surface area contributed by atoms with Gasteiger partial charge in [-0.2, -0.15) is 0 Å². The van der Waals surface area contributed by atoms with Gasteiger partial charge in [-0.1, -0.05) is 37.3 Å². The van der Waals surface area contributed by atoms with Crippen LogP contribution in [0.3, 0.4) is 0 Å². The molecule has 0 saturated carbocycles. The van der Waals surface area contributed by atoms with E-state index in [4.69, 9.17) is 5.11 Å². The van der Waals surface area contributed by atoms with Crippen molar-refractivity contribution in [3.05, 3.63) is 41.3 Å². The van der Waals surface area contributed by atoms with Crippen LogP contribution in [-0.2, 0) is 10.0 Å². The molecule has 0 fully saturated rings. The number of benzene rings is 1. The Morgan fingerprint density at radius 2 is 2.00 bits per heavy atom. The molecule has 5 heteroatoms. The predicted octanol–water partition coefficient (Wildman–Crippen LogP) is 1.21. The highest BCUT2D eigenvalue weighted by atomic mass is 32.2. The van der Waals surface area contributed by atoms with Gasteiger partial charge in [0.2, 0.25) is 10.0 Å². The van der Waals surface area contributed by atoms with E-state index < -0.39 is 10.0 Å². The predicted molar refractivity (Wildman–Crippen MR) is 68.6 cm³/mol. The van der Waals surface area contributed by atoms with Crippen molar-refractivity contribution in [3.63, 3.8) is 0 Å². The average Bonchev–Trinajstić information content (AvgIpc) is 2.35. The third-order valence-electron chi connectivity index (χ3n) is 2.18. The smallest absolute Gasteiger partial charge is 0.233 e. The van der Waals surface area contributed by atoms with Crippen molar-refractivity contribution >= 4 is 16.1 Å². The fraction of sp³-hybridized carbons (Fsp3) is 0.333. The summed E-state index contributed by atoms with van der Waals surface area (Å²) in [6.45, 7) is 1.96. The number of rotatable bonds is 6. The van der Waals surface area contributed by atoms with Crippen LogP contribution in [0.4, 0.5) is 0 Å². The van der Waals surface area contributed by atoms with Gasteiger partial charge in [-0.25, -0.2) is 13.1 Å². The van der Waals surface area contributed by atoms with Crippen molar-refractivity contribution in [2.75, 3.05) is 13.2 Å². The first-order valence-corrected chi connectivity index (χ1v) is 6.92. The van der Waals surface area contributed by atoms with Crippen LogP contribution in [0.2, 0.25) is 0 Å². The molecule has 0 aromatic heterocycles. The molecule has 0 aliphatic carbocycles. The molecule has 0 amide bonds. The average molecular weight is 255 g/mol. The summed E-state index contributed by atoms with van der Waals surface area (Å²) in [6, 6.07) is 9.19. The quantitative estimate of drug-likeness (QED) is 0.803. The van der Waals surface area contributed by atoms with Crippen LogP contribution in [-0.4, -0.2) is 26.7 Å². The molecule has 1 aromatic rings. The molecular weight excluding hydrogens is 238 g/mol. The highest BCUT2D eigenvalue weighted by molar-refractivity contribution is 7.92. The molecule has 0 saturated heterocycles. The Morgan fingerprint density at radius 3 is 2.59 bits per heavy atom. The van der Waals surface area contributed by atoms with Crippen molar-refractivity contribution in [2.24, 2.45) is 5.92 Å². The van der Waals surface area contributed by atoms with Crippen molar-refractivity contribution < 1.29 is 13.5 Å². The Bertz CT molecular complexity index is 454. The molecular formula is C12H17NO3S. The summed E-state index contributed by atoms with van der Waals surface area (Å²) in [5, 5.41) is 9.92. The fourth-order valence-corrected chi connectivity index (χ4v) is 2.05. The maximum Gasteiger partial charge on any atom is 0.233 e. The van der Waals surface area contributed by atoms with Crippen LogP contribution in [0.15, 0.2) is 35.7 Å². The van der Waals surface area contributed by atoms with Gasteiger partial charge < -0.3 is 5.11 Å². The van der Waals surface area contributed by atoms with E-state index in [0.717, 1.165) is 11.0 Å². The second-order valence-electron chi connectivity index (χ2n) is 3.89. The van der Waals surface area contributed by atoms with Crippen molar-refractivity contribution in [1.82, 2.24) is 4.72 Å². The summed E-state index contributed by atoms with van der Waals surface area (Å²) in [6.07, 6.45) is 1.53. The van der Waals surface area contributed by atoms with Gasteiger partial charge in [-0.3, -0.25) is 0 Å². The van der Waals surface area contributed by atoms with Crippen LogP contribution in [0.1, 0.15) is 12.5 Å². The molecule has 1 atom stereocenters. The molecule has 0 spiro atoms. The molecule has 4 nitrogen and oxygen atoms in total. The Hall–Kier alpha value is -1.17. The molecule has 1 aromatic carbocycles. The highest BCUT2D eigenvalue weighted by Crippen LogP contribution is 2.03. The van der Waals surface area contributed by atoms with Gasteiger partial charge in [0.1, 0.15) is 0 Å². The zero-order chi connectivity index (χ0) is 12.7. The van der Waals surface area contributed by atoms with Crippen LogP contribution < -0.4 is 4.72 Å². The van der Waals surface area contributed by atoms with Crippen molar-refractivity contribution in [1.29, 1.82) is 0 Å². The molecule has 1 rings (SSSR count). The number of hydrogen-bond donors (Lipinski definition) is 2. The van der Waals surface area contributed by atoms with E-state index in [9.17, 15) is 8.42 Å². The summed E-state index contributed by atoms with van der Waals surface area (Å²) >= 11 is 0. The topological polar surface area (TPSA) is 66.4 Å². The monoisotopic (exact) mass is 255 g/mol. The SMILES string of the molecule is CC(CO)CNS(=O)(=O)C=Cc1ccccc1. The second kappa shape index (κ2) is 6.54. The van der Waals surface area contributed by atoms with Gasteiger partial charge in [0, 0.05) is 18.6 Å². The van der Waals surface area contributed by atoms with Gasteiger partial charge in [-0.05, 0) is 17.6 Å². The van der Waals surface area contributed by atoms with Gasteiger partial charge >= 0.3 is 0 Å². The summed E-state index contributed by atoms with van der Waals surface area (Å²) in [5.74, 6) is -0.0881. The lowest BCUT2D eigenvalue weighted by Crippen LogP contribution is -2.27. The normalized spacial score (nSPS) is 14.0. The van der Waals surface area contributed by atoms with Gasteiger partial charge in [0.05, 0.1) is 0 Å². The first kappa shape index (κ1) is 13.9. The largest absolute Gasteiger partial charge is 0.396 e. The summed E-state index contributed by atoms with van der Waals surface area (Å²) in [7, 11) is -3.43. The molecule has 17 heavy (non-hydrogen) atoms. The maximum atomic E-state index is 11.5. The second-order valence-corrected chi connectivity index (χ2v) is 5.55. The first-order valence-electron chi connectivity index (χ1n) is 5.37. The van der Waals surface area contributed by atoms with E-state index in [1.165, 1.54) is 6.08 Å². The minimum absolute atomic E-state index is 0.0368. The minimum Gasteiger partial charge on any atom is -0.396 e. The zero-order valence-corrected chi connectivity index (χ0v) is 10.5. The van der Waals surface area contributed by atoms with Crippen molar-refractivity contribution in [2.45, 2.75) is 6.92 Å². The molecule has 94 valence electrons. The lowest BCUT2D eigenvalue weighted by Gasteiger charge is -2.07. The summed E-state index contributed by atoms with van der Waals surface area (Å²) in [4.78, 5) is 0. The Balaban J connectivity index is 2.58. The van der Waals surface area contributed by atoms with Crippen LogP contribution in [0, 0.1) is 5.92 Å². The lowest BCUT2D eigenvalue weighted by atomic mass is 10.2. The standard InChI is InChI=1S/C12H17NO3S/c1-11(10-14)9-13-17(15,16)8-7-12-5-3-2-4-6-12/h2-8,11,13-14H,9-10H2,1H3. The Labute approximate surface area is 102 Å². The first-order chi connectivity index (χ1) is 8.03. The van der Waals surface area contributed by atoms with Gasteiger partial charge in [-0.15, -0.1) is 0 Å². The van der Waals surface area contributed by atoms with E-state index in [2.05, 4.69) is 4.72 Å². The summed E-state index contributed by atoms with van der Waals surface area (Å²) in [5.41, 5.74) is 0.827. The molecule has 0 aliphatic rings. The molecule has 0 aliphatic heterocycles. The van der Waals surface area contributed by atoms with Gasteiger partial charge in [0.15, 0.2) is 0 Å². The zero-order valence-electron chi connectivity index (χ0n) is 9.70. The lowest BCUT2D eigenvalue weighted by molar-refractivity contribution is 0.239. The van der Waals surface area contributed by atoms with E-state index in [-0.39, 0.29) is 19.1 Å². The number of nitrogens with one attached hydrogen (secondary N) is 1. The molecule has 1 unspecified atom stereocenters. The van der Waals surface area contributed by atoms with Crippen LogP contribution in [0.25, 0.3) is 6.08 Å². The van der Waals surface area contributed by atoms with Crippen LogP contribution in [0.5, 0.6) is 0 Å². The van der Waals surface area contributed by atoms with E-state index in [1.807, 2.05) is 30.3 Å². The molecule has 2 N–H and O–H groups in total. The molecule has 0 bridgehead atoms. The third-order valence-corrected chi connectivity index (χ3v) is 3.25. The van der Waals surface area contributed by atoms with E-state index >= 15 is 0 Å². The third kappa shape index (κ3) is 5.63. The fourth-order valence-electron chi connectivity index (χ4n) is 1.10. The maximum absolute atomic E-state index is 11.5. The number of aliphatic hydroxyl groups is 1. The Kier molecular flexibility index (Phi) is 5.34. The number of sulfonamides is 1. The van der Waals surface area contributed by atoms with Crippen LogP contribution >= 0.6 is 0 Å². The Morgan fingerprint density at radius 1 is 1.35 bits per heavy atom. The number of aliphatic hydroxyl groups excluding tert-OH is 1. The molecule has 0 heterocycles. The van der Waals surface area contributed by atoms with Crippen molar-refractivity contribution in [3.8, 4) is 0 Å². The molecule has 0 radical (unpaired) electrons. The highest BCUT2D eigenvalue weighted by Gasteiger charge is 2.07. The van der Waals surface area contributed by atoms with E-state index in [1.54, 1.807) is 6.92 Å². The summed E-state index contributed by atoms with van der Waals surface area (Å²) < 4.78 is 25.5. The number of hydrogen-bond acceptors (Lipinski definition) is 3. The van der Waals surface area contributed by atoms with E-state index in [0.29, 0.717) is 0 Å².